The Morgan fingerprint density at radius 3 is 2.55 bits per heavy atom. The molecule has 1 aromatic rings. The van der Waals surface area contributed by atoms with Crippen LogP contribution in [0.3, 0.4) is 0 Å². The highest BCUT2D eigenvalue weighted by molar-refractivity contribution is 5.14. The number of benzene rings is 1. The predicted octanol–water partition coefficient (Wildman–Crippen LogP) is 3.68. The van der Waals surface area contributed by atoms with Crippen LogP contribution in [-0.2, 0) is 6.42 Å². The fourth-order valence-corrected chi connectivity index (χ4v) is 3.46. The van der Waals surface area contributed by atoms with Crippen LogP contribution in [0.2, 0.25) is 0 Å². The van der Waals surface area contributed by atoms with E-state index in [1.807, 2.05) is 6.07 Å². The first-order valence-electron chi connectivity index (χ1n) is 8.21. The smallest absolute Gasteiger partial charge is 0.0668 e. The second kappa shape index (κ2) is 7.80. The van der Waals surface area contributed by atoms with E-state index >= 15 is 0 Å². The van der Waals surface area contributed by atoms with Gasteiger partial charge < -0.3 is 10.4 Å². The summed E-state index contributed by atoms with van der Waals surface area (Å²) >= 11 is 0. The maximum atomic E-state index is 10.2. The SMILES string of the molecule is CCCC1(NC[C@H](O)CCc2ccccc2)CCCC1. The van der Waals surface area contributed by atoms with E-state index in [1.165, 1.54) is 44.1 Å². The lowest BCUT2D eigenvalue weighted by Gasteiger charge is -2.31. The van der Waals surface area contributed by atoms with E-state index in [-0.39, 0.29) is 6.10 Å². The van der Waals surface area contributed by atoms with Crippen molar-refractivity contribution in [2.75, 3.05) is 6.54 Å². The third-order valence-electron chi connectivity index (χ3n) is 4.61. The van der Waals surface area contributed by atoms with Crippen LogP contribution in [0.15, 0.2) is 30.3 Å². The molecule has 2 heteroatoms. The molecule has 1 aliphatic carbocycles. The monoisotopic (exact) mass is 275 g/mol. The van der Waals surface area contributed by atoms with Gasteiger partial charge in [0.15, 0.2) is 0 Å². The van der Waals surface area contributed by atoms with Gasteiger partial charge in [0, 0.05) is 12.1 Å². The van der Waals surface area contributed by atoms with Gasteiger partial charge >= 0.3 is 0 Å². The summed E-state index contributed by atoms with van der Waals surface area (Å²) < 4.78 is 0. The van der Waals surface area contributed by atoms with E-state index < -0.39 is 0 Å². The summed E-state index contributed by atoms with van der Waals surface area (Å²) in [4.78, 5) is 0. The molecule has 1 aromatic carbocycles. The Balaban J connectivity index is 1.72. The molecule has 20 heavy (non-hydrogen) atoms. The molecule has 0 bridgehead atoms. The minimum absolute atomic E-state index is 0.232. The number of β-amino-alcohol motifs (C(OH)–C–C–N with tert-alkyl or cyclic N) is 1. The Hall–Kier alpha value is -0.860. The lowest BCUT2D eigenvalue weighted by molar-refractivity contribution is 0.142. The van der Waals surface area contributed by atoms with Gasteiger partial charge in [-0.2, -0.15) is 0 Å². The van der Waals surface area contributed by atoms with Gasteiger partial charge in [-0.25, -0.2) is 0 Å². The number of hydrogen-bond acceptors (Lipinski definition) is 2. The second-order valence-electron chi connectivity index (χ2n) is 6.30. The molecule has 0 unspecified atom stereocenters. The summed E-state index contributed by atoms with van der Waals surface area (Å²) in [5.74, 6) is 0. The van der Waals surface area contributed by atoms with Gasteiger partial charge in [-0.15, -0.1) is 0 Å². The third kappa shape index (κ3) is 4.60. The van der Waals surface area contributed by atoms with Crippen LogP contribution >= 0.6 is 0 Å². The number of nitrogens with one attached hydrogen (secondary N) is 1. The fraction of sp³-hybridized carbons (Fsp3) is 0.667. The van der Waals surface area contributed by atoms with Crippen molar-refractivity contribution in [3.8, 4) is 0 Å². The lowest BCUT2D eigenvalue weighted by Crippen LogP contribution is -2.46. The average Bonchev–Trinajstić information content (AvgIpc) is 2.93. The molecule has 1 saturated carbocycles. The summed E-state index contributed by atoms with van der Waals surface area (Å²) in [6, 6.07) is 10.4. The highest BCUT2D eigenvalue weighted by Crippen LogP contribution is 2.33. The molecule has 0 radical (unpaired) electrons. The molecule has 0 saturated heterocycles. The zero-order chi connectivity index (χ0) is 14.3. The summed E-state index contributed by atoms with van der Waals surface area (Å²) in [5, 5.41) is 13.9. The van der Waals surface area contributed by atoms with E-state index in [9.17, 15) is 5.11 Å². The van der Waals surface area contributed by atoms with Crippen LogP contribution in [0.1, 0.15) is 57.4 Å². The van der Waals surface area contributed by atoms with Crippen LogP contribution in [-0.4, -0.2) is 23.3 Å². The first-order chi connectivity index (χ1) is 9.74. The highest BCUT2D eigenvalue weighted by atomic mass is 16.3. The molecule has 112 valence electrons. The maximum Gasteiger partial charge on any atom is 0.0668 e. The Morgan fingerprint density at radius 2 is 1.90 bits per heavy atom. The molecule has 2 N–H and O–H groups in total. The zero-order valence-electron chi connectivity index (χ0n) is 12.8. The van der Waals surface area contributed by atoms with Gasteiger partial charge in [0.2, 0.25) is 0 Å². The Morgan fingerprint density at radius 1 is 1.20 bits per heavy atom. The molecule has 0 aliphatic heterocycles. The first-order valence-corrected chi connectivity index (χ1v) is 8.21. The number of aryl methyl sites for hydroxylation is 1. The van der Waals surface area contributed by atoms with E-state index in [2.05, 4.69) is 36.5 Å². The van der Waals surface area contributed by atoms with E-state index in [0.717, 1.165) is 19.4 Å². The molecule has 1 aliphatic rings. The van der Waals surface area contributed by atoms with Gasteiger partial charge in [0.1, 0.15) is 0 Å². The average molecular weight is 275 g/mol. The van der Waals surface area contributed by atoms with Gasteiger partial charge in [0.05, 0.1) is 6.10 Å². The zero-order valence-corrected chi connectivity index (χ0v) is 12.8. The first kappa shape index (κ1) is 15.5. The molecular weight excluding hydrogens is 246 g/mol. The van der Waals surface area contributed by atoms with E-state index in [1.54, 1.807) is 0 Å². The minimum Gasteiger partial charge on any atom is -0.392 e. The number of aliphatic hydroxyl groups is 1. The predicted molar refractivity (Wildman–Crippen MR) is 84.9 cm³/mol. The van der Waals surface area contributed by atoms with Crippen molar-refractivity contribution < 1.29 is 5.11 Å². The number of rotatable bonds is 8. The van der Waals surface area contributed by atoms with Gasteiger partial charge in [0.25, 0.3) is 0 Å². The molecule has 0 heterocycles. The Kier molecular flexibility index (Phi) is 6.06. The van der Waals surface area contributed by atoms with Gasteiger partial charge in [-0.05, 0) is 37.7 Å². The summed E-state index contributed by atoms with van der Waals surface area (Å²) in [7, 11) is 0. The van der Waals surface area contributed by atoms with Crippen molar-refractivity contribution in [2.45, 2.75) is 69.9 Å². The molecule has 0 amide bonds. The van der Waals surface area contributed by atoms with Crippen molar-refractivity contribution in [2.24, 2.45) is 0 Å². The van der Waals surface area contributed by atoms with Crippen molar-refractivity contribution in [3.05, 3.63) is 35.9 Å². The maximum absolute atomic E-state index is 10.2. The van der Waals surface area contributed by atoms with Gasteiger partial charge in [-0.1, -0.05) is 56.5 Å². The second-order valence-corrected chi connectivity index (χ2v) is 6.30. The van der Waals surface area contributed by atoms with Crippen molar-refractivity contribution in [1.82, 2.24) is 5.32 Å². The van der Waals surface area contributed by atoms with Crippen molar-refractivity contribution >= 4 is 0 Å². The van der Waals surface area contributed by atoms with Crippen LogP contribution in [0.25, 0.3) is 0 Å². The molecule has 0 spiro atoms. The van der Waals surface area contributed by atoms with Crippen LogP contribution in [0, 0.1) is 0 Å². The molecule has 2 rings (SSSR count). The summed E-state index contributed by atoms with van der Waals surface area (Å²) in [6.45, 7) is 3.00. The molecule has 1 fully saturated rings. The Labute approximate surface area is 123 Å². The van der Waals surface area contributed by atoms with Crippen molar-refractivity contribution in [3.63, 3.8) is 0 Å². The van der Waals surface area contributed by atoms with Gasteiger partial charge in [-0.3, -0.25) is 0 Å². The number of hydrogen-bond donors (Lipinski definition) is 2. The highest BCUT2D eigenvalue weighted by Gasteiger charge is 2.32. The lowest BCUT2D eigenvalue weighted by atomic mass is 9.91. The molecular formula is C18H29NO. The number of aliphatic hydroxyl groups excluding tert-OH is 1. The van der Waals surface area contributed by atoms with Crippen LogP contribution < -0.4 is 5.32 Å². The van der Waals surface area contributed by atoms with Crippen LogP contribution in [0.4, 0.5) is 0 Å². The van der Waals surface area contributed by atoms with E-state index in [4.69, 9.17) is 0 Å². The summed E-state index contributed by atoms with van der Waals surface area (Å²) in [6.07, 6.45) is 9.30. The topological polar surface area (TPSA) is 32.3 Å². The van der Waals surface area contributed by atoms with Crippen LogP contribution in [0.5, 0.6) is 0 Å². The third-order valence-corrected chi connectivity index (χ3v) is 4.61. The standard InChI is InChI=1S/C18H29NO/c1-2-12-18(13-6-7-14-18)19-15-17(20)11-10-16-8-4-3-5-9-16/h3-5,8-9,17,19-20H,2,6-7,10-15H2,1H3/t17-/m1/s1. The fourth-order valence-electron chi connectivity index (χ4n) is 3.46. The minimum atomic E-state index is -0.232. The quantitative estimate of drug-likeness (QED) is 0.758. The Bertz CT molecular complexity index is 370. The normalized spacial score (nSPS) is 19.1. The largest absolute Gasteiger partial charge is 0.392 e. The van der Waals surface area contributed by atoms with Crippen molar-refractivity contribution in [1.29, 1.82) is 0 Å². The molecule has 1 atom stereocenters. The molecule has 2 nitrogen and oxygen atoms in total. The summed E-state index contributed by atoms with van der Waals surface area (Å²) in [5.41, 5.74) is 1.64. The molecule has 0 aromatic heterocycles. The van der Waals surface area contributed by atoms with E-state index in [0.29, 0.717) is 5.54 Å².